The molecule has 0 bridgehead atoms. The lowest BCUT2D eigenvalue weighted by atomic mass is 9.84. The van der Waals surface area contributed by atoms with Gasteiger partial charge >= 0.3 is 12.3 Å². The molecule has 13 heavy (non-hydrogen) atoms. The molecule has 0 spiro atoms. The lowest BCUT2D eigenvalue weighted by Gasteiger charge is -2.28. The van der Waals surface area contributed by atoms with Crippen LogP contribution >= 0.6 is 0 Å². The molecule has 76 valence electrons. The van der Waals surface area contributed by atoms with Gasteiger partial charge in [-0.25, -0.2) is 8.78 Å². The summed E-state index contributed by atoms with van der Waals surface area (Å²) in [7, 11) is 0. The van der Waals surface area contributed by atoms with Gasteiger partial charge in [0.1, 0.15) is 5.78 Å². The zero-order valence-electron chi connectivity index (χ0n) is 6.90. The Morgan fingerprint density at radius 3 is 2.08 bits per heavy atom. The van der Waals surface area contributed by atoms with Crippen molar-refractivity contribution in [2.45, 2.75) is 38.0 Å². The minimum absolute atomic E-state index is 0.00692. The summed E-state index contributed by atoms with van der Waals surface area (Å²) >= 11 is 0. The number of hydrogen-bond donors (Lipinski definition) is 0. The van der Waals surface area contributed by atoms with Gasteiger partial charge in [-0.3, -0.25) is 4.79 Å². The number of carbonyl (C=O) groups is 1. The van der Waals surface area contributed by atoms with Crippen molar-refractivity contribution in [2.75, 3.05) is 0 Å². The largest absolute Gasteiger partial charge is 0.310 e. The second kappa shape index (κ2) is 3.64. The Balaban J connectivity index is 2.57. The quantitative estimate of drug-likeness (QED) is 0.623. The highest BCUT2D eigenvalue weighted by Crippen LogP contribution is 2.39. The van der Waals surface area contributed by atoms with Crippen molar-refractivity contribution >= 4 is 5.78 Å². The van der Waals surface area contributed by atoms with E-state index in [2.05, 4.69) is 0 Å². The minimum atomic E-state index is -3.93. The first-order valence-electron chi connectivity index (χ1n) is 4.12. The Morgan fingerprint density at radius 1 is 1.23 bits per heavy atom. The molecule has 0 unspecified atom stereocenters. The molecule has 0 radical (unpaired) electrons. The van der Waals surface area contributed by atoms with Crippen LogP contribution in [-0.2, 0) is 4.79 Å². The van der Waals surface area contributed by atoms with Crippen LogP contribution in [0.4, 0.5) is 17.6 Å². The summed E-state index contributed by atoms with van der Waals surface area (Å²) in [6.07, 6.45) is -3.84. The summed E-state index contributed by atoms with van der Waals surface area (Å²) in [6, 6.07) is 0. The fourth-order valence-electron chi connectivity index (χ4n) is 1.50. The molecule has 5 heteroatoms. The SMILES string of the molecule is O=C1CCC(C(F)(F)C(F)F)CC1. The van der Waals surface area contributed by atoms with Crippen LogP contribution in [0.15, 0.2) is 0 Å². The smallest absolute Gasteiger partial charge is 0.300 e. The van der Waals surface area contributed by atoms with Crippen molar-refractivity contribution in [3.8, 4) is 0 Å². The summed E-state index contributed by atoms with van der Waals surface area (Å²) in [6.45, 7) is 0. The monoisotopic (exact) mass is 198 g/mol. The van der Waals surface area contributed by atoms with Gasteiger partial charge in [0.05, 0.1) is 0 Å². The highest BCUT2D eigenvalue weighted by atomic mass is 19.3. The van der Waals surface area contributed by atoms with Crippen molar-refractivity contribution < 1.29 is 22.4 Å². The summed E-state index contributed by atoms with van der Waals surface area (Å²) < 4.78 is 49.1. The number of Topliss-reactive ketones (excluding diaryl/α,β-unsaturated/α-hetero) is 1. The van der Waals surface area contributed by atoms with Crippen molar-refractivity contribution in [1.29, 1.82) is 0 Å². The topological polar surface area (TPSA) is 17.1 Å². The molecular formula is C8H10F4O. The van der Waals surface area contributed by atoms with E-state index >= 15 is 0 Å². The van der Waals surface area contributed by atoms with E-state index in [4.69, 9.17) is 0 Å². The van der Waals surface area contributed by atoms with Crippen molar-refractivity contribution in [2.24, 2.45) is 5.92 Å². The molecule has 0 aromatic carbocycles. The molecule has 0 aromatic rings. The third-order valence-electron chi connectivity index (χ3n) is 2.38. The Morgan fingerprint density at radius 2 is 1.69 bits per heavy atom. The Labute approximate surface area is 73.1 Å². The molecule has 0 heterocycles. The predicted octanol–water partition coefficient (Wildman–Crippen LogP) is 2.65. The van der Waals surface area contributed by atoms with Crippen LogP contribution in [0.1, 0.15) is 25.7 Å². The van der Waals surface area contributed by atoms with E-state index < -0.39 is 18.3 Å². The molecule has 1 aliphatic carbocycles. The number of rotatable bonds is 2. The van der Waals surface area contributed by atoms with Gasteiger partial charge in [-0.2, -0.15) is 8.78 Å². The Hall–Kier alpha value is -0.610. The molecule has 1 saturated carbocycles. The van der Waals surface area contributed by atoms with Gasteiger partial charge in [-0.15, -0.1) is 0 Å². The van der Waals surface area contributed by atoms with E-state index in [1.165, 1.54) is 0 Å². The molecule has 0 saturated heterocycles. The number of alkyl halides is 4. The standard InChI is InChI=1S/C8H10F4O/c9-7(10)8(11,12)5-1-3-6(13)4-2-5/h5,7H,1-4H2. The molecule has 1 aliphatic rings. The number of carbonyl (C=O) groups excluding carboxylic acids is 1. The zero-order chi connectivity index (χ0) is 10.1. The van der Waals surface area contributed by atoms with Crippen LogP contribution in [0.25, 0.3) is 0 Å². The van der Waals surface area contributed by atoms with Crippen LogP contribution in [0, 0.1) is 5.92 Å². The van der Waals surface area contributed by atoms with Crippen LogP contribution in [0.3, 0.4) is 0 Å². The van der Waals surface area contributed by atoms with Gasteiger partial charge in [0, 0.05) is 18.8 Å². The molecule has 0 aromatic heterocycles. The molecule has 0 N–H and O–H groups in total. The first kappa shape index (κ1) is 10.5. The van der Waals surface area contributed by atoms with Gasteiger partial charge in [0.25, 0.3) is 0 Å². The molecular weight excluding hydrogens is 188 g/mol. The average molecular weight is 198 g/mol. The maximum atomic E-state index is 12.7. The second-order valence-electron chi connectivity index (χ2n) is 3.29. The van der Waals surface area contributed by atoms with Gasteiger partial charge < -0.3 is 0 Å². The molecule has 0 amide bonds. The first-order valence-corrected chi connectivity index (χ1v) is 4.12. The fourth-order valence-corrected chi connectivity index (χ4v) is 1.50. The maximum absolute atomic E-state index is 12.7. The third-order valence-corrected chi connectivity index (χ3v) is 2.38. The summed E-state index contributed by atoms with van der Waals surface area (Å²) in [5.41, 5.74) is 0. The number of halogens is 4. The molecule has 0 atom stereocenters. The van der Waals surface area contributed by atoms with E-state index in [9.17, 15) is 22.4 Å². The van der Waals surface area contributed by atoms with Crippen LogP contribution in [0.5, 0.6) is 0 Å². The van der Waals surface area contributed by atoms with E-state index in [0.29, 0.717) is 0 Å². The van der Waals surface area contributed by atoms with E-state index in [1.807, 2.05) is 0 Å². The van der Waals surface area contributed by atoms with Gasteiger partial charge in [0.2, 0.25) is 0 Å². The van der Waals surface area contributed by atoms with Crippen LogP contribution in [-0.4, -0.2) is 18.1 Å². The maximum Gasteiger partial charge on any atom is 0.310 e. The van der Waals surface area contributed by atoms with Crippen molar-refractivity contribution in [3.05, 3.63) is 0 Å². The predicted molar refractivity (Wildman–Crippen MR) is 37.9 cm³/mol. The molecule has 1 nitrogen and oxygen atoms in total. The molecule has 1 fully saturated rings. The van der Waals surface area contributed by atoms with Crippen LogP contribution < -0.4 is 0 Å². The Kier molecular flexibility index (Phi) is 2.93. The van der Waals surface area contributed by atoms with Gasteiger partial charge in [-0.1, -0.05) is 0 Å². The second-order valence-corrected chi connectivity index (χ2v) is 3.29. The third kappa shape index (κ3) is 2.19. The fraction of sp³-hybridized carbons (Fsp3) is 0.875. The lowest BCUT2D eigenvalue weighted by molar-refractivity contribution is -0.173. The number of ketones is 1. The van der Waals surface area contributed by atoms with Gasteiger partial charge in [0.15, 0.2) is 0 Å². The normalized spacial score (nSPS) is 21.2. The van der Waals surface area contributed by atoms with Crippen molar-refractivity contribution in [3.63, 3.8) is 0 Å². The zero-order valence-corrected chi connectivity index (χ0v) is 6.90. The Bertz CT molecular complexity index is 192. The minimum Gasteiger partial charge on any atom is -0.300 e. The van der Waals surface area contributed by atoms with E-state index in [0.717, 1.165) is 0 Å². The van der Waals surface area contributed by atoms with Crippen LogP contribution in [0.2, 0.25) is 0 Å². The van der Waals surface area contributed by atoms with Crippen molar-refractivity contribution in [1.82, 2.24) is 0 Å². The summed E-state index contributed by atoms with van der Waals surface area (Å²) in [5.74, 6) is -5.37. The summed E-state index contributed by atoms with van der Waals surface area (Å²) in [4.78, 5) is 10.7. The highest BCUT2D eigenvalue weighted by molar-refractivity contribution is 5.79. The molecule has 1 rings (SSSR count). The van der Waals surface area contributed by atoms with E-state index in [1.54, 1.807) is 0 Å². The van der Waals surface area contributed by atoms with Gasteiger partial charge in [-0.05, 0) is 12.8 Å². The lowest BCUT2D eigenvalue weighted by Crippen LogP contribution is -2.38. The highest BCUT2D eigenvalue weighted by Gasteiger charge is 2.49. The first-order chi connectivity index (χ1) is 5.94. The average Bonchev–Trinajstić information content (AvgIpc) is 2.04. The van der Waals surface area contributed by atoms with E-state index in [-0.39, 0.29) is 31.5 Å². The molecule has 0 aliphatic heterocycles. The summed E-state index contributed by atoms with van der Waals surface area (Å²) in [5, 5.41) is 0. The number of hydrogen-bond acceptors (Lipinski definition) is 1.